The van der Waals surface area contributed by atoms with Gasteiger partial charge in [0.25, 0.3) is 0 Å². The smallest absolute Gasteiger partial charge is 0.235 e. The van der Waals surface area contributed by atoms with Gasteiger partial charge in [0.1, 0.15) is 6.79 Å². The van der Waals surface area contributed by atoms with Crippen LogP contribution in [0.15, 0.2) is 30.3 Å². The van der Waals surface area contributed by atoms with E-state index in [1.54, 1.807) is 12.1 Å². The lowest BCUT2D eigenvalue weighted by molar-refractivity contribution is 0.0432. The zero-order valence-corrected chi connectivity index (χ0v) is 11.3. The lowest BCUT2D eigenvalue weighted by Crippen LogP contribution is -2.20. The van der Waals surface area contributed by atoms with Crippen molar-refractivity contribution in [1.29, 1.82) is 0 Å². The van der Waals surface area contributed by atoms with E-state index in [1.165, 1.54) is 0 Å². The van der Waals surface area contributed by atoms with E-state index in [0.29, 0.717) is 25.5 Å². The van der Waals surface area contributed by atoms with E-state index in [-0.39, 0.29) is 17.3 Å². The van der Waals surface area contributed by atoms with Crippen LogP contribution >= 0.6 is 0 Å². The van der Waals surface area contributed by atoms with E-state index in [1.807, 2.05) is 18.2 Å². The SMILES string of the molecule is O=S(=O)(Nc1ccccc1)C1CC1CC1COCO1. The molecule has 1 aromatic carbocycles. The van der Waals surface area contributed by atoms with Crippen molar-refractivity contribution in [2.75, 3.05) is 18.1 Å². The van der Waals surface area contributed by atoms with Gasteiger partial charge in [0.15, 0.2) is 0 Å². The van der Waals surface area contributed by atoms with Crippen molar-refractivity contribution in [2.45, 2.75) is 24.2 Å². The van der Waals surface area contributed by atoms with Crippen LogP contribution in [-0.2, 0) is 19.5 Å². The van der Waals surface area contributed by atoms with Gasteiger partial charge >= 0.3 is 0 Å². The largest absolute Gasteiger partial charge is 0.353 e. The molecule has 1 saturated carbocycles. The number of anilines is 1. The molecule has 104 valence electrons. The monoisotopic (exact) mass is 283 g/mol. The van der Waals surface area contributed by atoms with Crippen LogP contribution in [0.3, 0.4) is 0 Å². The number of ether oxygens (including phenoxy) is 2. The predicted molar refractivity (Wildman–Crippen MR) is 71.2 cm³/mol. The lowest BCUT2D eigenvalue weighted by Gasteiger charge is -2.09. The molecule has 3 unspecified atom stereocenters. The van der Waals surface area contributed by atoms with Gasteiger partial charge in [0.2, 0.25) is 10.0 Å². The van der Waals surface area contributed by atoms with Crippen LogP contribution in [0.5, 0.6) is 0 Å². The molecule has 0 amide bonds. The lowest BCUT2D eigenvalue weighted by atomic mass is 10.2. The Kier molecular flexibility index (Phi) is 3.47. The fourth-order valence-corrected chi connectivity index (χ4v) is 4.17. The second kappa shape index (κ2) is 5.11. The van der Waals surface area contributed by atoms with Gasteiger partial charge in [-0.3, -0.25) is 4.72 Å². The van der Waals surface area contributed by atoms with Crippen molar-refractivity contribution in [2.24, 2.45) is 5.92 Å². The minimum absolute atomic E-state index is 0.0573. The third-order valence-electron chi connectivity index (χ3n) is 3.55. The first kappa shape index (κ1) is 12.9. The Morgan fingerprint density at radius 2 is 2.05 bits per heavy atom. The fourth-order valence-electron chi connectivity index (χ4n) is 2.44. The molecule has 0 spiro atoms. The molecule has 3 atom stereocenters. The molecular formula is C13H17NO4S. The van der Waals surface area contributed by atoms with Gasteiger partial charge < -0.3 is 9.47 Å². The topological polar surface area (TPSA) is 64.6 Å². The molecule has 1 aromatic rings. The van der Waals surface area contributed by atoms with E-state index < -0.39 is 10.0 Å². The van der Waals surface area contributed by atoms with Gasteiger partial charge in [-0.2, -0.15) is 0 Å². The molecule has 0 aromatic heterocycles. The van der Waals surface area contributed by atoms with Crippen LogP contribution in [0.4, 0.5) is 5.69 Å². The Morgan fingerprint density at radius 3 is 2.74 bits per heavy atom. The van der Waals surface area contributed by atoms with Gasteiger partial charge in [0.05, 0.1) is 18.0 Å². The summed E-state index contributed by atoms with van der Waals surface area (Å²) in [4.78, 5) is 0. The molecule has 2 fully saturated rings. The fraction of sp³-hybridized carbons (Fsp3) is 0.538. The van der Waals surface area contributed by atoms with Gasteiger partial charge in [0, 0.05) is 5.69 Å². The molecule has 6 heteroatoms. The van der Waals surface area contributed by atoms with Gasteiger partial charge in [-0.05, 0) is 30.9 Å². The van der Waals surface area contributed by atoms with Crippen LogP contribution in [0.25, 0.3) is 0 Å². The van der Waals surface area contributed by atoms with Crippen molar-refractivity contribution < 1.29 is 17.9 Å². The summed E-state index contributed by atoms with van der Waals surface area (Å²) in [6.07, 6.45) is 1.53. The first-order valence-electron chi connectivity index (χ1n) is 6.41. The third kappa shape index (κ3) is 3.08. The number of sulfonamides is 1. The highest BCUT2D eigenvalue weighted by atomic mass is 32.2. The van der Waals surface area contributed by atoms with Gasteiger partial charge in [-0.15, -0.1) is 0 Å². The minimum atomic E-state index is -3.28. The number of benzene rings is 1. The van der Waals surface area contributed by atoms with E-state index in [9.17, 15) is 8.42 Å². The van der Waals surface area contributed by atoms with Gasteiger partial charge in [-0.25, -0.2) is 8.42 Å². The molecule has 1 heterocycles. The summed E-state index contributed by atoms with van der Waals surface area (Å²) in [6.45, 7) is 0.909. The van der Waals surface area contributed by atoms with Crippen LogP contribution < -0.4 is 4.72 Å². The summed E-state index contributed by atoms with van der Waals surface area (Å²) in [5, 5.41) is -0.295. The Balaban J connectivity index is 1.57. The molecule has 5 nitrogen and oxygen atoms in total. The molecule has 1 aliphatic carbocycles. The molecular weight excluding hydrogens is 266 g/mol. The van der Waals surface area contributed by atoms with Crippen LogP contribution in [0.1, 0.15) is 12.8 Å². The highest BCUT2D eigenvalue weighted by Gasteiger charge is 2.48. The highest BCUT2D eigenvalue weighted by Crippen LogP contribution is 2.42. The summed E-state index contributed by atoms with van der Waals surface area (Å²) in [5.74, 6) is 0.188. The quantitative estimate of drug-likeness (QED) is 0.891. The number of rotatable bonds is 5. The van der Waals surface area contributed by atoms with Crippen LogP contribution in [0, 0.1) is 5.92 Å². The van der Waals surface area contributed by atoms with E-state index >= 15 is 0 Å². The summed E-state index contributed by atoms with van der Waals surface area (Å²) in [5.41, 5.74) is 0.619. The minimum Gasteiger partial charge on any atom is -0.353 e. The Labute approximate surface area is 113 Å². The number of nitrogens with one attached hydrogen (secondary N) is 1. The summed E-state index contributed by atoms with van der Waals surface area (Å²) in [6, 6.07) is 8.98. The van der Waals surface area contributed by atoms with Crippen molar-refractivity contribution in [3.8, 4) is 0 Å². The Hall–Kier alpha value is -1.11. The molecule has 2 aliphatic rings. The predicted octanol–water partition coefficient (Wildman–Crippen LogP) is 1.58. The Bertz CT molecular complexity index is 525. The number of para-hydroxylation sites is 1. The van der Waals surface area contributed by atoms with E-state index in [4.69, 9.17) is 9.47 Å². The number of hydrogen-bond acceptors (Lipinski definition) is 4. The zero-order valence-electron chi connectivity index (χ0n) is 10.5. The molecule has 1 saturated heterocycles. The van der Waals surface area contributed by atoms with Crippen molar-refractivity contribution >= 4 is 15.7 Å². The Morgan fingerprint density at radius 1 is 1.26 bits per heavy atom. The third-order valence-corrected chi connectivity index (χ3v) is 5.44. The first-order valence-corrected chi connectivity index (χ1v) is 7.96. The second-order valence-electron chi connectivity index (χ2n) is 5.06. The molecule has 0 bridgehead atoms. The van der Waals surface area contributed by atoms with Crippen LogP contribution in [0.2, 0.25) is 0 Å². The van der Waals surface area contributed by atoms with E-state index in [2.05, 4.69) is 4.72 Å². The number of hydrogen-bond donors (Lipinski definition) is 1. The average Bonchev–Trinajstić information content (AvgIpc) is 2.97. The average molecular weight is 283 g/mol. The second-order valence-corrected chi connectivity index (χ2v) is 6.96. The molecule has 1 N–H and O–H groups in total. The first-order chi connectivity index (χ1) is 9.15. The summed E-state index contributed by atoms with van der Waals surface area (Å²) >= 11 is 0. The summed E-state index contributed by atoms with van der Waals surface area (Å²) in [7, 11) is -3.28. The van der Waals surface area contributed by atoms with E-state index in [0.717, 1.165) is 6.42 Å². The molecule has 1 aliphatic heterocycles. The molecule has 3 rings (SSSR count). The maximum absolute atomic E-state index is 12.2. The maximum atomic E-state index is 12.2. The summed E-state index contributed by atoms with van der Waals surface area (Å²) < 4.78 is 37.4. The maximum Gasteiger partial charge on any atom is 0.235 e. The standard InChI is InChI=1S/C13H17NO4S/c15-19(16,14-11-4-2-1-3-5-11)13-7-10(13)6-12-8-17-9-18-12/h1-5,10,12-14H,6-9H2. The van der Waals surface area contributed by atoms with Gasteiger partial charge in [-0.1, -0.05) is 18.2 Å². The molecule has 19 heavy (non-hydrogen) atoms. The normalized spacial score (nSPS) is 30.2. The zero-order chi connectivity index (χ0) is 13.3. The van der Waals surface area contributed by atoms with Crippen molar-refractivity contribution in [3.63, 3.8) is 0 Å². The van der Waals surface area contributed by atoms with Crippen LogP contribution in [-0.4, -0.2) is 33.2 Å². The van der Waals surface area contributed by atoms with Crippen molar-refractivity contribution in [1.82, 2.24) is 0 Å². The van der Waals surface area contributed by atoms with Crippen molar-refractivity contribution in [3.05, 3.63) is 30.3 Å². The molecule has 0 radical (unpaired) electrons. The highest BCUT2D eigenvalue weighted by molar-refractivity contribution is 7.93.